The fraction of sp³-hybridized carbons (Fsp3) is 0.588. The number of carbonyl (C=O) groups excluding carboxylic acids is 1. The first-order valence-corrected chi connectivity index (χ1v) is 8.09. The highest BCUT2D eigenvalue weighted by molar-refractivity contribution is 5.77. The van der Waals surface area contributed by atoms with Gasteiger partial charge in [-0.05, 0) is 23.6 Å². The second-order valence-electron chi connectivity index (χ2n) is 6.17. The number of nitrogens with zero attached hydrogens (tertiary/aromatic N) is 2. The van der Waals surface area contributed by atoms with Crippen LogP contribution in [-0.2, 0) is 11.0 Å². The molecule has 134 valence electrons. The number of hydrogen-bond donors (Lipinski definition) is 1. The average molecular weight is 344 g/mol. The number of hydrogen-bond acceptors (Lipinski definition) is 3. The van der Waals surface area contributed by atoms with Crippen molar-refractivity contribution in [2.24, 2.45) is 0 Å². The number of aliphatic hydroxyl groups is 1. The van der Waals surface area contributed by atoms with E-state index in [1.54, 1.807) is 4.90 Å². The second kappa shape index (κ2) is 7.98. The van der Waals surface area contributed by atoms with E-state index in [0.717, 1.165) is 30.8 Å². The minimum absolute atomic E-state index is 0.0195. The Morgan fingerprint density at radius 1 is 1.17 bits per heavy atom. The highest BCUT2D eigenvalue weighted by Crippen LogP contribution is 2.30. The summed E-state index contributed by atoms with van der Waals surface area (Å²) in [7, 11) is 0. The zero-order chi connectivity index (χ0) is 17.7. The number of amides is 1. The lowest BCUT2D eigenvalue weighted by molar-refractivity contribution is -0.137. The Balaban J connectivity index is 1.88. The minimum Gasteiger partial charge on any atom is -0.395 e. The Morgan fingerprint density at radius 2 is 1.75 bits per heavy atom. The van der Waals surface area contributed by atoms with Crippen molar-refractivity contribution in [3.8, 4) is 0 Å². The van der Waals surface area contributed by atoms with Crippen molar-refractivity contribution in [3.63, 3.8) is 0 Å². The van der Waals surface area contributed by atoms with Gasteiger partial charge in [-0.3, -0.25) is 9.69 Å². The molecule has 0 bridgehead atoms. The molecule has 1 aliphatic heterocycles. The van der Waals surface area contributed by atoms with Gasteiger partial charge in [-0.15, -0.1) is 0 Å². The molecular weight excluding hydrogens is 321 g/mol. The van der Waals surface area contributed by atoms with Crippen molar-refractivity contribution in [1.29, 1.82) is 0 Å². The molecular formula is C17H23F3N2O2. The van der Waals surface area contributed by atoms with E-state index < -0.39 is 11.7 Å². The van der Waals surface area contributed by atoms with E-state index in [-0.39, 0.29) is 24.9 Å². The zero-order valence-electron chi connectivity index (χ0n) is 13.7. The Hall–Kier alpha value is -1.60. The lowest BCUT2D eigenvalue weighted by atomic mass is 9.96. The molecule has 0 spiro atoms. The van der Waals surface area contributed by atoms with Crippen molar-refractivity contribution in [2.45, 2.75) is 25.4 Å². The van der Waals surface area contributed by atoms with Gasteiger partial charge in [-0.2, -0.15) is 13.2 Å². The third-order valence-corrected chi connectivity index (χ3v) is 4.43. The van der Waals surface area contributed by atoms with Gasteiger partial charge in [0, 0.05) is 39.1 Å². The molecule has 1 saturated heterocycles. The topological polar surface area (TPSA) is 43.8 Å². The number of alkyl halides is 3. The summed E-state index contributed by atoms with van der Waals surface area (Å²) in [5.74, 6) is -0.110. The third-order valence-electron chi connectivity index (χ3n) is 4.43. The molecule has 1 amide bonds. The fourth-order valence-corrected chi connectivity index (χ4v) is 2.87. The Kier molecular flexibility index (Phi) is 6.23. The molecule has 1 fully saturated rings. The van der Waals surface area contributed by atoms with Crippen LogP contribution >= 0.6 is 0 Å². The van der Waals surface area contributed by atoms with Crippen molar-refractivity contribution in [1.82, 2.24) is 9.80 Å². The fourth-order valence-electron chi connectivity index (χ4n) is 2.87. The monoisotopic (exact) mass is 344 g/mol. The molecule has 24 heavy (non-hydrogen) atoms. The van der Waals surface area contributed by atoms with Gasteiger partial charge < -0.3 is 10.0 Å². The second-order valence-corrected chi connectivity index (χ2v) is 6.17. The predicted octanol–water partition coefficient (Wildman–Crippen LogP) is 2.34. The Bertz CT molecular complexity index is 538. The van der Waals surface area contributed by atoms with Gasteiger partial charge in [-0.1, -0.05) is 19.1 Å². The van der Waals surface area contributed by atoms with Gasteiger partial charge in [0.15, 0.2) is 0 Å². The summed E-state index contributed by atoms with van der Waals surface area (Å²) in [6, 6.07) is 5.01. The lowest BCUT2D eigenvalue weighted by Gasteiger charge is -2.34. The predicted molar refractivity (Wildman–Crippen MR) is 84.6 cm³/mol. The number of halogens is 3. The number of carbonyl (C=O) groups is 1. The van der Waals surface area contributed by atoms with E-state index in [0.29, 0.717) is 19.6 Å². The summed E-state index contributed by atoms with van der Waals surface area (Å²) in [5.41, 5.74) is 0.0556. The van der Waals surface area contributed by atoms with Crippen LogP contribution in [0, 0.1) is 0 Å². The summed E-state index contributed by atoms with van der Waals surface area (Å²) in [6.07, 6.45) is -4.06. The molecule has 0 unspecified atom stereocenters. The number of piperazine rings is 1. The SMILES string of the molecule is C[C@@H](CC(=O)N1CCN(CCO)CC1)c1ccc(C(F)(F)F)cc1. The molecule has 0 saturated carbocycles. The van der Waals surface area contributed by atoms with E-state index >= 15 is 0 Å². The van der Waals surface area contributed by atoms with E-state index in [4.69, 9.17) is 5.11 Å². The van der Waals surface area contributed by atoms with E-state index in [1.165, 1.54) is 12.1 Å². The van der Waals surface area contributed by atoms with Gasteiger partial charge in [0.25, 0.3) is 0 Å². The van der Waals surface area contributed by atoms with Crippen molar-refractivity contribution in [3.05, 3.63) is 35.4 Å². The summed E-state index contributed by atoms with van der Waals surface area (Å²) in [4.78, 5) is 16.2. The van der Waals surface area contributed by atoms with Crippen molar-refractivity contribution < 1.29 is 23.1 Å². The molecule has 4 nitrogen and oxygen atoms in total. The van der Waals surface area contributed by atoms with Crippen LogP contribution < -0.4 is 0 Å². The van der Waals surface area contributed by atoms with Crippen LogP contribution in [0.25, 0.3) is 0 Å². The maximum absolute atomic E-state index is 12.6. The van der Waals surface area contributed by atoms with Gasteiger partial charge in [0.2, 0.25) is 5.91 Å². The molecule has 0 radical (unpaired) electrons. The Morgan fingerprint density at radius 3 is 2.25 bits per heavy atom. The summed E-state index contributed by atoms with van der Waals surface area (Å²) in [6.45, 7) is 5.30. The van der Waals surface area contributed by atoms with Gasteiger partial charge in [0.05, 0.1) is 12.2 Å². The van der Waals surface area contributed by atoms with E-state index in [2.05, 4.69) is 4.90 Å². The normalized spacial score (nSPS) is 17.8. The first-order chi connectivity index (χ1) is 11.3. The summed E-state index contributed by atoms with van der Waals surface area (Å²) < 4.78 is 37.7. The lowest BCUT2D eigenvalue weighted by Crippen LogP contribution is -2.49. The van der Waals surface area contributed by atoms with E-state index in [1.807, 2.05) is 6.92 Å². The largest absolute Gasteiger partial charge is 0.416 e. The standard InChI is InChI=1S/C17H23F3N2O2/c1-13(14-2-4-15(5-3-14)17(18,19)20)12-16(24)22-8-6-21(7-9-22)10-11-23/h2-5,13,23H,6-12H2,1H3/t13-/m0/s1. The molecule has 0 aliphatic carbocycles. The number of benzene rings is 1. The van der Waals surface area contributed by atoms with Crippen LogP contribution in [-0.4, -0.2) is 60.1 Å². The number of β-amino-alcohol motifs (C(OH)–C–C–N with tert-alkyl or cyclic N) is 1. The molecule has 7 heteroatoms. The first kappa shape index (κ1) is 18.7. The smallest absolute Gasteiger partial charge is 0.395 e. The molecule has 1 aromatic rings. The maximum atomic E-state index is 12.6. The average Bonchev–Trinajstić information content (AvgIpc) is 2.55. The molecule has 1 aliphatic rings. The van der Waals surface area contributed by atoms with Gasteiger partial charge in [0.1, 0.15) is 0 Å². The highest BCUT2D eigenvalue weighted by atomic mass is 19.4. The number of aliphatic hydroxyl groups excluding tert-OH is 1. The zero-order valence-corrected chi connectivity index (χ0v) is 13.7. The van der Waals surface area contributed by atoms with Crippen LogP contribution in [0.3, 0.4) is 0 Å². The van der Waals surface area contributed by atoms with E-state index in [9.17, 15) is 18.0 Å². The van der Waals surface area contributed by atoms with Crippen molar-refractivity contribution >= 4 is 5.91 Å². The molecule has 0 aromatic heterocycles. The first-order valence-electron chi connectivity index (χ1n) is 8.09. The summed E-state index contributed by atoms with van der Waals surface area (Å²) in [5, 5.41) is 8.92. The Labute approximate surface area is 139 Å². The van der Waals surface area contributed by atoms with Gasteiger partial charge in [-0.25, -0.2) is 0 Å². The van der Waals surface area contributed by atoms with Gasteiger partial charge >= 0.3 is 6.18 Å². The number of rotatable bonds is 5. The quantitative estimate of drug-likeness (QED) is 0.892. The third kappa shape index (κ3) is 4.95. The minimum atomic E-state index is -4.34. The van der Waals surface area contributed by atoms with Crippen LogP contribution in [0.15, 0.2) is 24.3 Å². The van der Waals surface area contributed by atoms with Crippen LogP contribution in [0.4, 0.5) is 13.2 Å². The molecule has 2 rings (SSSR count). The maximum Gasteiger partial charge on any atom is 0.416 e. The van der Waals surface area contributed by atoms with Crippen LogP contribution in [0.2, 0.25) is 0 Å². The summed E-state index contributed by atoms with van der Waals surface area (Å²) >= 11 is 0. The molecule has 1 heterocycles. The molecule has 1 atom stereocenters. The highest BCUT2D eigenvalue weighted by Gasteiger charge is 2.30. The molecule has 1 N–H and O–H groups in total. The van der Waals surface area contributed by atoms with Crippen molar-refractivity contribution in [2.75, 3.05) is 39.3 Å². The van der Waals surface area contributed by atoms with Crippen LogP contribution in [0.1, 0.15) is 30.4 Å². The molecule has 1 aromatic carbocycles. The van der Waals surface area contributed by atoms with Crippen LogP contribution in [0.5, 0.6) is 0 Å².